The van der Waals surface area contributed by atoms with Crippen molar-refractivity contribution in [1.82, 2.24) is 19.8 Å². The van der Waals surface area contributed by atoms with Crippen LogP contribution in [0.5, 0.6) is 0 Å². The number of fused-ring (bicyclic) bond motifs is 1. The van der Waals surface area contributed by atoms with Crippen LogP contribution in [-0.4, -0.2) is 43.8 Å². The van der Waals surface area contributed by atoms with E-state index in [9.17, 15) is 19.7 Å². The Morgan fingerprint density at radius 2 is 1.66 bits per heavy atom. The van der Waals surface area contributed by atoms with E-state index in [0.29, 0.717) is 12.2 Å². The van der Waals surface area contributed by atoms with Gasteiger partial charge in [0, 0.05) is 49.7 Å². The molecule has 0 spiro atoms. The van der Waals surface area contributed by atoms with Gasteiger partial charge < -0.3 is 14.8 Å². The molecule has 5 aromatic rings. The van der Waals surface area contributed by atoms with Crippen molar-refractivity contribution in [3.8, 4) is 0 Å². The van der Waals surface area contributed by atoms with E-state index in [2.05, 4.69) is 10.3 Å². The van der Waals surface area contributed by atoms with E-state index in [4.69, 9.17) is 23.2 Å². The van der Waals surface area contributed by atoms with Gasteiger partial charge in [-0.05, 0) is 39.9 Å². The van der Waals surface area contributed by atoms with Crippen molar-refractivity contribution < 1.29 is 14.5 Å². The number of benzene rings is 4. The van der Waals surface area contributed by atoms with Crippen molar-refractivity contribution in [2.24, 2.45) is 5.92 Å². The van der Waals surface area contributed by atoms with E-state index >= 15 is 0 Å². The van der Waals surface area contributed by atoms with Gasteiger partial charge >= 0.3 is 0 Å². The van der Waals surface area contributed by atoms with Gasteiger partial charge in [-0.25, -0.2) is 4.98 Å². The van der Waals surface area contributed by atoms with Crippen LogP contribution < -0.4 is 5.32 Å². The minimum atomic E-state index is -0.440. The second kappa shape index (κ2) is 15.2. The maximum Gasteiger partial charge on any atom is 0.269 e. The number of aromatic nitrogens is 2. The third-order valence-corrected chi connectivity index (χ3v) is 9.07. The minimum absolute atomic E-state index is 0.0138. The molecule has 4 aromatic carbocycles. The number of hydrogen-bond acceptors (Lipinski definition) is 5. The van der Waals surface area contributed by atoms with Crippen LogP contribution in [0.15, 0.2) is 97.5 Å². The van der Waals surface area contributed by atoms with Gasteiger partial charge in [-0.3, -0.25) is 19.7 Å². The smallest absolute Gasteiger partial charge is 0.269 e. The van der Waals surface area contributed by atoms with E-state index < -0.39 is 4.92 Å². The molecule has 9 nitrogen and oxygen atoms in total. The van der Waals surface area contributed by atoms with Crippen LogP contribution in [0.3, 0.4) is 0 Å². The number of nitrogens with one attached hydrogen (secondary N) is 1. The first-order valence-corrected chi connectivity index (χ1v) is 16.1. The van der Waals surface area contributed by atoms with Crippen LogP contribution in [-0.2, 0) is 24.3 Å². The Morgan fingerprint density at radius 1 is 0.979 bits per heavy atom. The zero-order valence-electron chi connectivity index (χ0n) is 26.1. The van der Waals surface area contributed by atoms with E-state index in [1.54, 1.807) is 47.8 Å². The van der Waals surface area contributed by atoms with Gasteiger partial charge in [-0.2, -0.15) is 0 Å². The molecule has 0 radical (unpaired) electrons. The van der Waals surface area contributed by atoms with Crippen LogP contribution in [0.2, 0.25) is 10.0 Å². The van der Waals surface area contributed by atoms with Crippen molar-refractivity contribution in [3.05, 3.63) is 140 Å². The number of nitro benzene ring substituents is 1. The second-order valence-electron chi connectivity index (χ2n) is 11.6. The third-order valence-electron chi connectivity index (χ3n) is 8.44. The molecule has 2 atom stereocenters. The topological polar surface area (TPSA) is 110 Å². The summed E-state index contributed by atoms with van der Waals surface area (Å²) in [5, 5.41) is 16.8. The number of carbonyl (C=O) groups excluding carboxylic acids is 2. The lowest BCUT2D eigenvalue weighted by atomic mass is 9.97. The SMILES string of the molecule is CC[C@H](C)[C@@H](CN(Cc1cccc2ccccc12)C(=O)c1c(Cl)cccc1Cl)NC(=O)Cc1cncn1Cc1ccc([N+](=O)[O-])cc1. The standard InChI is InChI=1S/C36H35Cl2N5O4/c1-3-24(2)33(40-34(44)18-29-19-39-23-42(29)20-25-14-16-28(17-15-25)43(46)47)22-41(36(45)35-31(37)12-7-13-32(35)38)21-27-10-6-9-26-8-4-5-11-30(26)27/h4-17,19,23-24,33H,3,18,20-22H2,1-2H3,(H,40,44)/t24-,33+/m0/s1. The first-order valence-electron chi connectivity index (χ1n) is 15.4. The van der Waals surface area contributed by atoms with Crippen LogP contribution >= 0.6 is 23.2 Å². The van der Waals surface area contributed by atoms with Crippen molar-refractivity contribution in [2.45, 2.75) is 45.8 Å². The molecule has 0 saturated heterocycles. The summed E-state index contributed by atoms with van der Waals surface area (Å²) in [6.45, 7) is 5.01. The van der Waals surface area contributed by atoms with E-state index in [-0.39, 0.29) is 64.6 Å². The Morgan fingerprint density at radius 3 is 2.36 bits per heavy atom. The predicted molar refractivity (Wildman–Crippen MR) is 185 cm³/mol. The van der Waals surface area contributed by atoms with E-state index in [0.717, 1.165) is 28.3 Å². The lowest BCUT2D eigenvalue weighted by molar-refractivity contribution is -0.384. The van der Waals surface area contributed by atoms with Crippen molar-refractivity contribution >= 4 is 51.5 Å². The maximum atomic E-state index is 14.2. The summed E-state index contributed by atoms with van der Waals surface area (Å²) < 4.78 is 1.84. The van der Waals surface area contributed by atoms with Crippen LogP contribution in [0.1, 0.15) is 47.4 Å². The average Bonchev–Trinajstić information content (AvgIpc) is 3.49. The molecule has 0 aliphatic carbocycles. The van der Waals surface area contributed by atoms with E-state index in [1.165, 1.54) is 12.1 Å². The molecule has 1 N–H and O–H groups in total. The molecule has 11 heteroatoms. The Kier molecular flexibility index (Phi) is 10.9. The number of nitro groups is 1. The summed E-state index contributed by atoms with van der Waals surface area (Å²) in [4.78, 5) is 44.3. The number of nitrogens with zero attached hydrogens (tertiary/aromatic N) is 4. The molecule has 2 amide bonds. The van der Waals surface area contributed by atoms with Gasteiger partial charge in [-0.1, -0.05) is 104 Å². The molecule has 0 aliphatic rings. The highest BCUT2D eigenvalue weighted by molar-refractivity contribution is 6.39. The van der Waals surface area contributed by atoms with Crippen molar-refractivity contribution in [3.63, 3.8) is 0 Å². The summed E-state index contributed by atoms with van der Waals surface area (Å²) in [5.74, 6) is -0.500. The summed E-state index contributed by atoms with van der Waals surface area (Å²) in [7, 11) is 0. The predicted octanol–water partition coefficient (Wildman–Crippen LogP) is 7.72. The molecule has 0 saturated carbocycles. The Hall–Kier alpha value is -4.73. The summed E-state index contributed by atoms with van der Waals surface area (Å²) >= 11 is 13.0. The number of non-ortho nitro benzene ring substituents is 1. The van der Waals surface area contributed by atoms with Gasteiger partial charge in [0.15, 0.2) is 0 Å². The molecule has 5 rings (SSSR count). The van der Waals surface area contributed by atoms with Gasteiger partial charge in [-0.15, -0.1) is 0 Å². The number of imidazole rings is 1. The summed E-state index contributed by atoms with van der Waals surface area (Å²) in [5.41, 5.74) is 2.73. The molecular weight excluding hydrogens is 637 g/mol. The number of halogens is 2. The summed E-state index contributed by atoms with van der Waals surface area (Å²) in [6, 6.07) is 24.9. The average molecular weight is 673 g/mol. The Labute approximate surface area is 283 Å². The molecule has 0 aliphatic heterocycles. The van der Waals surface area contributed by atoms with Crippen LogP contribution in [0.4, 0.5) is 5.69 Å². The molecular formula is C36H35Cl2N5O4. The molecule has 0 bridgehead atoms. The highest BCUT2D eigenvalue weighted by Crippen LogP contribution is 2.28. The molecule has 1 aromatic heterocycles. The first-order chi connectivity index (χ1) is 22.6. The van der Waals surface area contributed by atoms with Crippen LogP contribution in [0.25, 0.3) is 10.8 Å². The van der Waals surface area contributed by atoms with E-state index in [1.807, 2.05) is 60.9 Å². The molecule has 242 valence electrons. The lowest BCUT2D eigenvalue weighted by Gasteiger charge is -2.32. The monoisotopic (exact) mass is 671 g/mol. The van der Waals surface area contributed by atoms with Gasteiger partial charge in [0.05, 0.1) is 33.3 Å². The van der Waals surface area contributed by atoms with Crippen molar-refractivity contribution in [1.29, 1.82) is 0 Å². The van der Waals surface area contributed by atoms with Gasteiger partial charge in [0.2, 0.25) is 5.91 Å². The third kappa shape index (κ3) is 8.17. The zero-order chi connectivity index (χ0) is 33.5. The highest BCUT2D eigenvalue weighted by atomic mass is 35.5. The second-order valence-corrected chi connectivity index (χ2v) is 12.4. The summed E-state index contributed by atoms with van der Waals surface area (Å²) in [6.07, 6.45) is 4.10. The fourth-order valence-electron chi connectivity index (χ4n) is 5.59. The van der Waals surface area contributed by atoms with Crippen LogP contribution in [0, 0.1) is 16.0 Å². The fourth-order valence-corrected chi connectivity index (χ4v) is 6.14. The normalized spacial score (nSPS) is 12.4. The minimum Gasteiger partial charge on any atom is -0.351 e. The number of hydrogen-bond donors (Lipinski definition) is 1. The molecule has 1 heterocycles. The van der Waals surface area contributed by atoms with Gasteiger partial charge in [0.1, 0.15) is 0 Å². The number of amides is 2. The Balaban J connectivity index is 1.38. The molecule has 0 unspecified atom stereocenters. The molecule has 47 heavy (non-hydrogen) atoms. The lowest BCUT2D eigenvalue weighted by Crippen LogP contribution is -2.49. The highest BCUT2D eigenvalue weighted by Gasteiger charge is 2.28. The first kappa shape index (κ1) is 33.6. The van der Waals surface area contributed by atoms with Gasteiger partial charge in [0.25, 0.3) is 11.6 Å². The quantitative estimate of drug-likeness (QED) is 0.102. The number of carbonyl (C=O) groups is 2. The zero-order valence-corrected chi connectivity index (χ0v) is 27.6. The molecule has 0 fully saturated rings. The maximum absolute atomic E-state index is 14.2. The van der Waals surface area contributed by atoms with Crippen molar-refractivity contribution in [2.75, 3.05) is 6.54 Å². The number of rotatable bonds is 13. The fraction of sp³-hybridized carbons (Fsp3) is 0.250. The Bertz CT molecular complexity index is 1870. The largest absolute Gasteiger partial charge is 0.351 e.